The molecule has 1 heterocycles. The predicted octanol–water partition coefficient (Wildman–Crippen LogP) is 0.749. The highest BCUT2D eigenvalue weighted by Gasteiger charge is 1.97. The molecular formula is C12H21N3O. The number of nitrogens with one attached hydrogen (secondary N) is 1. The molecule has 4 nitrogen and oxygen atoms in total. The first-order valence-corrected chi connectivity index (χ1v) is 5.60. The van der Waals surface area contributed by atoms with Crippen molar-refractivity contribution in [1.29, 1.82) is 0 Å². The van der Waals surface area contributed by atoms with Crippen molar-refractivity contribution < 1.29 is 4.74 Å². The molecule has 0 unspecified atom stereocenters. The Morgan fingerprint density at radius 1 is 1.44 bits per heavy atom. The van der Waals surface area contributed by atoms with Gasteiger partial charge in [-0.2, -0.15) is 0 Å². The minimum Gasteiger partial charge on any atom is -0.383 e. The first-order valence-electron chi connectivity index (χ1n) is 5.60. The Labute approximate surface area is 97.6 Å². The fourth-order valence-electron chi connectivity index (χ4n) is 1.36. The normalized spacial score (nSPS) is 10.9. The number of likely N-dealkylation sites (N-methyl/N-ethyl adjacent to an activating group) is 1. The van der Waals surface area contributed by atoms with Gasteiger partial charge in [0.2, 0.25) is 0 Å². The summed E-state index contributed by atoms with van der Waals surface area (Å²) in [6, 6.07) is 4.04. The van der Waals surface area contributed by atoms with Crippen molar-refractivity contribution in [2.45, 2.75) is 6.54 Å². The van der Waals surface area contributed by atoms with Crippen molar-refractivity contribution in [3.63, 3.8) is 0 Å². The Kier molecular flexibility index (Phi) is 6.72. The third-order valence-corrected chi connectivity index (χ3v) is 2.40. The van der Waals surface area contributed by atoms with Gasteiger partial charge in [-0.3, -0.25) is 4.98 Å². The van der Waals surface area contributed by atoms with Crippen molar-refractivity contribution in [3.05, 3.63) is 30.1 Å². The summed E-state index contributed by atoms with van der Waals surface area (Å²) < 4.78 is 5.02. The topological polar surface area (TPSA) is 37.4 Å². The van der Waals surface area contributed by atoms with Crippen LogP contribution in [0.3, 0.4) is 0 Å². The Morgan fingerprint density at radius 2 is 2.31 bits per heavy atom. The average Bonchev–Trinajstić information content (AvgIpc) is 2.33. The maximum atomic E-state index is 5.02. The minimum absolute atomic E-state index is 0.791. The fraction of sp³-hybridized carbons (Fsp3) is 0.583. The Hall–Kier alpha value is -0.970. The van der Waals surface area contributed by atoms with Gasteiger partial charge in [-0.25, -0.2) is 0 Å². The van der Waals surface area contributed by atoms with E-state index in [1.54, 1.807) is 13.3 Å². The number of rotatable bonds is 8. The second kappa shape index (κ2) is 8.21. The third kappa shape index (κ3) is 5.80. The zero-order valence-electron chi connectivity index (χ0n) is 10.1. The minimum atomic E-state index is 0.791. The van der Waals surface area contributed by atoms with E-state index in [1.165, 1.54) is 5.56 Å². The number of ether oxygens (including phenoxy) is 1. The monoisotopic (exact) mass is 223 g/mol. The van der Waals surface area contributed by atoms with Crippen LogP contribution in [-0.4, -0.2) is 50.3 Å². The summed E-state index contributed by atoms with van der Waals surface area (Å²) in [5.41, 5.74) is 1.22. The van der Waals surface area contributed by atoms with Crippen molar-refractivity contribution in [3.8, 4) is 0 Å². The van der Waals surface area contributed by atoms with Crippen molar-refractivity contribution in [2.24, 2.45) is 0 Å². The lowest BCUT2D eigenvalue weighted by Crippen LogP contribution is -2.31. The highest BCUT2D eigenvalue weighted by molar-refractivity contribution is 5.07. The lowest BCUT2D eigenvalue weighted by molar-refractivity contribution is 0.161. The van der Waals surface area contributed by atoms with Gasteiger partial charge in [0.1, 0.15) is 0 Å². The molecule has 1 aromatic heterocycles. The molecule has 1 rings (SSSR count). The van der Waals surface area contributed by atoms with E-state index in [4.69, 9.17) is 4.74 Å². The van der Waals surface area contributed by atoms with Crippen LogP contribution < -0.4 is 5.32 Å². The second-order valence-electron chi connectivity index (χ2n) is 3.83. The maximum absolute atomic E-state index is 5.02. The van der Waals surface area contributed by atoms with Gasteiger partial charge in [-0.1, -0.05) is 6.07 Å². The van der Waals surface area contributed by atoms with Crippen LogP contribution in [0.1, 0.15) is 5.56 Å². The van der Waals surface area contributed by atoms with Crippen LogP contribution in [0.5, 0.6) is 0 Å². The molecule has 1 aromatic rings. The molecule has 90 valence electrons. The van der Waals surface area contributed by atoms with Crippen LogP contribution >= 0.6 is 0 Å². The maximum Gasteiger partial charge on any atom is 0.0589 e. The fourth-order valence-corrected chi connectivity index (χ4v) is 1.36. The molecule has 0 atom stereocenters. The first-order chi connectivity index (χ1) is 7.83. The molecule has 0 aromatic carbocycles. The van der Waals surface area contributed by atoms with Crippen LogP contribution in [-0.2, 0) is 11.3 Å². The van der Waals surface area contributed by atoms with Crippen molar-refractivity contribution in [1.82, 2.24) is 15.2 Å². The molecule has 0 aliphatic heterocycles. The van der Waals surface area contributed by atoms with Gasteiger partial charge in [0, 0.05) is 45.7 Å². The average molecular weight is 223 g/mol. The van der Waals surface area contributed by atoms with E-state index in [0.717, 1.165) is 32.8 Å². The zero-order valence-corrected chi connectivity index (χ0v) is 10.1. The van der Waals surface area contributed by atoms with Crippen molar-refractivity contribution in [2.75, 3.05) is 40.4 Å². The Balaban J connectivity index is 2.03. The van der Waals surface area contributed by atoms with E-state index in [2.05, 4.69) is 28.3 Å². The van der Waals surface area contributed by atoms with Crippen LogP contribution in [0.15, 0.2) is 24.5 Å². The lowest BCUT2D eigenvalue weighted by Gasteiger charge is -2.16. The summed E-state index contributed by atoms with van der Waals surface area (Å²) in [7, 11) is 3.83. The highest BCUT2D eigenvalue weighted by Crippen LogP contribution is 1.93. The van der Waals surface area contributed by atoms with Gasteiger partial charge in [0.05, 0.1) is 6.61 Å². The van der Waals surface area contributed by atoms with E-state index in [1.807, 2.05) is 12.3 Å². The van der Waals surface area contributed by atoms with Gasteiger partial charge in [0.25, 0.3) is 0 Å². The van der Waals surface area contributed by atoms with Crippen LogP contribution in [0.25, 0.3) is 0 Å². The largest absolute Gasteiger partial charge is 0.383 e. The molecule has 0 saturated heterocycles. The number of hydrogen-bond acceptors (Lipinski definition) is 4. The summed E-state index contributed by atoms with van der Waals surface area (Å²) in [6.07, 6.45) is 3.68. The number of methoxy groups -OCH3 is 1. The molecule has 16 heavy (non-hydrogen) atoms. The van der Waals surface area contributed by atoms with E-state index in [-0.39, 0.29) is 0 Å². The number of nitrogens with zero attached hydrogens (tertiary/aromatic N) is 2. The number of aromatic nitrogens is 1. The van der Waals surface area contributed by atoms with E-state index in [9.17, 15) is 0 Å². The molecule has 0 fully saturated rings. The van der Waals surface area contributed by atoms with E-state index < -0.39 is 0 Å². The van der Waals surface area contributed by atoms with Gasteiger partial charge >= 0.3 is 0 Å². The van der Waals surface area contributed by atoms with Gasteiger partial charge in [0.15, 0.2) is 0 Å². The molecule has 0 aliphatic rings. The Bertz CT molecular complexity index is 266. The van der Waals surface area contributed by atoms with Crippen LogP contribution in [0.4, 0.5) is 0 Å². The van der Waals surface area contributed by atoms with Gasteiger partial charge in [-0.15, -0.1) is 0 Å². The number of hydrogen-bond donors (Lipinski definition) is 1. The molecule has 4 heteroatoms. The van der Waals surface area contributed by atoms with Crippen LogP contribution in [0, 0.1) is 0 Å². The van der Waals surface area contributed by atoms with Crippen LogP contribution in [0.2, 0.25) is 0 Å². The summed E-state index contributed by atoms with van der Waals surface area (Å²) in [6.45, 7) is 4.66. The molecule has 0 amide bonds. The van der Waals surface area contributed by atoms with E-state index in [0.29, 0.717) is 0 Å². The molecule has 0 radical (unpaired) electrons. The Morgan fingerprint density at radius 3 is 3.00 bits per heavy atom. The van der Waals surface area contributed by atoms with E-state index >= 15 is 0 Å². The number of pyridine rings is 1. The molecule has 0 bridgehead atoms. The highest BCUT2D eigenvalue weighted by atomic mass is 16.5. The molecule has 0 aliphatic carbocycles. The summed E-state index contributed by atoms with van der Waals surface area (Å²) in [5.74, 6) is 0. The summed E-state index contributed by atoms with van der Waals surface area (Å²) in [4.78, 5) is 6.32. The summed E-state index contributed by atoms with van der Waals surface area (Å²) >= 11 is 0. The zero-order chi connectivity index (χ0) is 11.6. The molecule has 0 spiro atoms. The quantitative estimate of drug-likeness (QED) is 0.660. The van der Waals surface area contributed by atoms with Gasteiger partial charge < -0.3 is 15.0 Å². The van der Waals surface area contributed by atoms with Gasteiger partial charge in [-0.05, 0) is 18.7 Å². The van der Waals surface area contributed by atoms with Crippen molar-refractivity contribution >= 4 is 0 Å². The first kappa shape index (κ1) is 13.1. The standard InChI is InChI=1S/C12H21N3O/c1-15(8-9-16-2)7-6-14-11-12-4-3-5-13-10-12/h3-5,10,14H,6-9,11H2,1-2H3. The molecular weight excluding hydrogens is 202 g/mol. The third-order valence-electron chi connectivity index (χ3n) is 2.40. The molecule has 0 saturated carbocycles. The second-order valence-corrected chi connectivity index (χ2v) is 3.83. The predicted molar refractivity (Wildman–Crippen MR) is 65.3 cm³/mol. The summed E-state index contributed by atoms with van der Waals surface area (Å²) in [5, 5.41) is 3.39. The smallest absolute Gasteiger partial charge is 0.0589 e. The lowest BCUT2D eigenvalue weighted by atomic mass is 10.3. The molecule has 1 N–H and O–H groups in total. The SMILES string of the molecule is COCCN(C)CCNCc1cccnc1.